The van der Waals surface area contributed by atoms with Gasteiger partial charge in [0.1, 0.15) is 0 Å². The Bertz CT molecular complexity index is 509. The SMILES string of the molecule is CN1CCN([C@@H]2CC(=O)N(c3ccccc3)C2=O)CC1. The van der Waals surface area contributed by atoms with Crippen LogP contribution in [0.25, 0.3) is 0 Å². The number of carbonyl (C=O) groups is 2. The molecule has 1 atom stereocenters. The molecule has 2 saturated heterocycles. The Morgan fingerprint density at radius 2 is 1.65 bits per heavy atom. The van der Waals surface area contributed by atoms with Crippen molar-refractivity contribution < 1.29 is 9.59 Å². The number of rotatable bonds is 2. The van der Waals surface area contributed by atoms with Crippen LogP contribution in [0.2, 0.25) is 0 Å². The van der Waals surface area contributed by atoms with E-state index in [-0.39, 0.29) is 17.9 Å². The lowest BCUT2D eigenvalue weighted by atomic mass is 10.2. The molecule has 20 heavy (non-hydrogen) atoms. The summed E-state index contributed by atoms with van der Waals surface area (Å²) in [5.41, 5.74) is 0.680. The van der Waals surface area contributed by atoms with Crippen molar-refractivity contribution in [3.8, 4) is 0 Å². The summed E-state index contributed by atoms with van der Waals surface area (Å²) in [6, 6.07) is 8.91. The van der Waals surface area contributed by atoms with E-state index in [1.807, 2.05) is 30.3 Å². The van der Waals surface area contributed by atoms with Gasteiger partial charge in [0, 0.05) is 26.2 Å². The van der Waals surface area contributed by atoms with Crippen LogP contribution in [0.5, 0.6) is 0 Å². The summed E-state index contributed by atoms with van der Waals surface area (Å²) in [6.45, 7) is 3.60. The lowest BCUT2D eigenvalue weighted by Crippen LogP contribution is -2.51. The van der Waals surface area contributed by atoms with Crippen LogP contribution in [-0.4, -0.2) is 60.9 Å². The molecule has 0 radical (unpaired) electrons. The Kier molecular flexibility index (Phi) is 3.54. The molecule has 0 aliphatic carbocycles. The first kappa shape index (κ1) is 13.3. The number of hydrogen-bond acceptors (Lipinski definition) is 4. The number of imide groups is 1. The van der Waals surface area contributed by atoms with E-state index in [1.54, 1.807) is 0 Å². The predicted octanol–water partition coefficient (Wildman–Crippen LogP) is 0.566. The van der Waals surface area contributed by atoms with E-state index >= 15 is 0 Å². The van der Waals surface area contributed by atoms with E-state index < -0.39 is 0 Å². The van der Waals surface area contributed by atoms with Gasteiger partial charge in [0.15, 0.2) is 0 Å². The highest BCUT2D eigenvalue weighted by molar-refractivity contribution is 6.22. The molecule has 2 heterocycles. The van der Waals surface area contributed by atoms with Gasteiger partial charge in [-0.1, -0.05) is 18.2 Å². The van der Waals surface area contributed by atoms with E-state index in [9.17, 15) is 9.59 Å². The molecule has 0 unspecified atom stereocenters. The zero-order valence-corrected chi connectivity index (χ0v) is 11.7. The van der Waals surface area contributed by atoms with Crippen LogP contribution in [0.3, 0.4) is 0 Å². The van der Waals surface area contributed by atoms with Crippen molar-refractivity contribution in [1.29, 1.82) is 0 Å². The zero-order valence-electron chi connectivity index (χ0n) is 11.7. The zero-order chi connectivity index (χ0) is 14.1. The van der Waals surface area contributed by atoms with Gasteiger partial charge in [0.25, 0.3) is 5.91 Å². The molecule has 5 heteroatoms. The third kappa shape index (κ3) is 2.34. The summed E-state index contributed by atoms with van der Waals surface area (Å²) in [5, 5.41) is 0. The Hall–Kier alpha value is -1.72. The summed E-state index contributed by atoms with van der Waals surface area (Å²) < 4.78 is 0. The molecule has 0 aromatic heterocycles. The number of amides is 2. The molecular formula is C15H19N3O2. The largest absolute Gasteiger partial charge is 0.304 e. The number of likely N-dealkylation sites (N-methyl/N-ethyl adjacent to an activating group) is 1. The second-order valence-electron chi connectivity index (χ2n) is 5.46. The highest BCUT2D eigenvalue weighted by atomic mass is 16.2. The van der Waals surface area contributed by atoms with Gasteiger partial charge >= 0.3 is 0 Å². The average molecular weight is 273 g/mol. The van der Waals surface area contributed by atoms with Gasteiger partial charge in [-0.05, 0) is 19.2 Å². The monoisotopic (exact) mass is 273 g/mol. The van der Waals surface area contributed by atoms with Crippen molar-refractivity contribution in [2.45, 2.75) is 12.5 Å². The van der Waals surface area contributed by atoms with E-state index in [4.69, 9.17) is 0 Å². The minimum absolute atomic E-state index is 0.0780. The van der Waals surface area contributed by atoms with Crippen LogP contribution in [0, 0.1) is 0 Å². The first-order valence-electron chi connectivity index (χ1n) is 7.01. The topological polar surface area (TPSA) is 43.9 Å². The Morgan fingerprint density at radius 3 is 2.30 bits per heavy atom. The molecule has 0 saturated carbocycles. The second-order valence-corrected chi connectivity index (χ2v) is 5.46. The minimum Gasteiger partial charge on any atom is -0.304 e. The molecule has 2 fully saturated rings. The normalized spacial score (nSPS) is 25.4. The molecule has 0 N–H and O–H groups in total. The van der Waals surface area contributed by atoms with E-state index in [2.05, 4.69) is 16.8 Å². The van der Waals surface area contributed by atoms with Crippen molar-refractivity contribution in [3.63, 3.8) is 0 Å². The third-order valence-corrected chi connectivity index (χ3v) is 4.12. The Balaban J connectivity index is 1.77. The summed E-state index contributed by atoms with van der Waals surface area (Å²) in [6.07, 6.45) is 0.303. The summed E-state index contributed by atoms with van der Waals surface area (Å²) in [7, 11) is 2.08. The fourth-order valence-electron chi connectivity index (χ4n) is 2.88. The molecule has 2 aliphatic heterocycles. The molecule has 1 aromatic carbocycles. The summed E-state index contributed by atoms with van der Waals surface area (Å²) in [4.78, 5) is 30.4. The molecule has 2 aliphatic rings. The van der Waals surface area contributed by atoms with Crippen LogP contribution >= 0.6 is 0 Å². The molecule has 0 spiro atoms. The highest BCUT2D eigenvalue weighted by Crippen LogP contribution is 2.25. The van der Waals surface area contributed by atoms with E-state index in [1.165, 1.54) is 4.90 Å². The third-order valence-electron chi connectivity index (χ3n) is 4.12. The number of benzene rings is 1. The highest BCUT2D eigenvalue weighted by Gasteiger charge is 2.42. The van der Waals surface area contributed by atoms with Gasteiger partial charge in [0.2, 0.25) is 5.91 Å². The number of hydrogen-bond donors (Lipinski definition) is 0. The fourth-order valence-corrected chi connectivity index (χ4v) is 2.88. The maximum absolute atomic E-state index is 12.5. The van der Waals surface area contributed by atoms with Gasteiger partial charge in [-0.15, -0.1) is 0 Å². The number of anilines is 1. The number of nitrogens with zero attached hydrogens (tertiary/aromatic N) is 3. The van der Waals surface area contributed by atoms with E-state index in [0.717, 1.165) is 26.2 Å². The summed E-state index contributed by atoms with van der Waals surface area (Å²) >= 11 is 0. The Labute approximate surface area is 118 Å². The molecule has 5 nitrogen and oxygen atoms in total. The standard InChI is InChI=1S/C15H19N3O2/c1-16-7-9-17(10-8-16)13-11-14(19)18(15(13)20)12-5-3-2-4-6-12/h2-6,13H,7-11H2,1H3/t13-/m1/s1. The molecular weight excluding hydrogens is 254 g/mol. The predicted molar refractivity (Wildman–Crippen MR) is 76.4 cm³/mol. The minimum atomic E-state index is -0.281. The lowest BCUT2D eigenvalue weighted by Gasteiger charge is -2.35. The maximum Gasteiger partial charge on any atom is 0.251 e. The van der Waals surface area contributed by atoms with Gasteiger partial charge in [-0.2, -0.15) is 0 Å². The van der Waals surface area contributed by atoms with Gasteiger partial charge in [-0.3, -0.25) is 14.5 Å². The van der Waals surface area contributed by atoms with Crippen molar-refractivity contribution >= 4 is 17.5 Å². The van der Waals surface area contributed by atoms with Crippen molar-refractivity contribution in [1.82, 2.24) is 9.80 Å². The maximum atomic E-state index is 12.5. The molecule has 0 bridgehead atoms. The van der Waals surface area contributed by atoms with Gasteiger partial charge in [0.05, 0.1) is 18.2 Å². The summed E-state index contributed by atoms with van der Waals surface area (Å²) in [5.74, 6) is -0.170. The lowest BCUT2D eigenvalue weighted by molar-refractivity contribution is -0.123. The first-order valence-corrected chi connectivity index (χ1v) is 7.01. The Morgan fingerprint density at radius 1 is 1.00 bits per heavy atom. The molecule has 3 rings (SSSR count). The number of para-hydroxylation sites is 1. The van der Waals surface area contributed by atoms with Crippen LogP contribution in [0.15, 0.2) is 30.3 Å². The first-order chi connectivity index (χ1) is 9.66. The number of piperazine rings is 1. The van der Waals surface area contributed by atoms with E-state index in [0.29, 0.717) is 12.1 Å². The average Bonchev–Trinajstić information content (AvgIpc) is 2.76. The second kappa shape index (κ2) is 5.34. The fraction of sp³-hybridized carbons (Fsp3) is 0.467. The van der Waals surface area contributed by atoms with Crippen molar-refractivity contribution in [3.05, 3.63) is 30.3 Å². The van der Waals surface area contributed by atoms with Crippen LogP contribution in [0.1, 0.15) is 6.42 Å². The molecule has 1 aromatic rings. The molecule has 106 valence electrons. The van der Waals surface area contributed by atoms with Crippen LogP contribution in [-0.2, 0) is 9.59 Å². The van der Waals surface area contributed by atoms with Gasteiger partial charge < -0.3 is 4.90 Å². The van der Waals surface area contributed by atoms with Crippen LogP contribution in [0.4, 0.5) is 5.69 Å². The van der Waals surface area contributed by atoms with Crippen molar-refractivity contribution in [2.24, 2.45) is 0 Å². The smallest absolute Gasteiger partial charge is 0.251 e. The van der Waals surface area contributed by atoms with Crippen molar-refractivity contribution in [2.75, 3.05) is 38.1 Å². The van der Waals surface area contributed by atoms with Crippen LogP contribution < -0.4 is 4.90 Å². The number of carbonyl (C=O) groups excluding carboxylic acids is 2. The quantitative estimate of drug-likeness (QED) is 0.739. The van der Waals surface area contributed by atoms with Gasteiger partial charge in [-0.25, -0.2) is 4.90 Å². The molecule has 2 amide bonds.